The van der Waals surface area contributed by atoms with E-state index >= 15 is 0 Å². The molecule has 3 aromatic rings. The third-order valence-corrected chi connectivity index (χ3v) is 7.93. The van der Waals surface area contributed by atoms with Crippen LogP contribution in [0, 0.1) is 0 Å². The zero-order chi connectivity index (χ0) is 24.0. The van der Waals surface area contributed by atoms with Gasteiger partial charge in [0.15, 0.2) is 6.61 Å². The Balaban J connectivity index is 1.45. The van der Waals surface area contributed by atoms with Crippen LogP contribution in [0.25, 0.3) is 0 Å². The third-order valence-electron chi connectivity index (χ3n) is 5.74. The van der Waals surface area contributed by atoms with Crippen LogP contribution < -0.4 is 4.74 Å². The minimum Gasteiger partial charge on any atom is -0.482 e. The largest absolute Gasteiger partial charge is 0.482 e. The molecule has 0 aliphatic carbocycles. The zero-order valence-corrected chi connectivity index (χ0v) is 20.3. The summed E-state index contributed by atoms with van der Waals surface area (Å²) in [6.45, 7) is 1.71. The highest BCUT2D eigenvalue weighted by molar-refractivity contribution is 7.89. The lowest BCUT2D eigenvalue weighted by Gasteiger charge is -2.23. The first kappa shape index (κ1) is 24.3. The SMILES string of the molecule is O=C(COc1ccc(S(=O)(=O)N2CCCC2)cc1Cl)N(Cc1ccccc1)Cc1ccccc1. The number of halogens is 1. The van der Waals surface area contributed by atoms with Crippen LogP contribution in [-0.2, 0) is 27.9 Å². The highest BCUT2D eigenvalue weighted by atomic mass is 35.5. The van der Waals surface area contributed by atoms with Crippen molar-refractivity contribution in [1.82, 2.24) is 9.21 Å². The van der Waals surface area contributed by atoms with Gasteiger partial charge in [0.05, 0.1) is 9.92 Å². The van der Waals surface area contributed by atoms with Crippen LogP contribution >= 0.6 is 11.6 Å². The van der Waals surface area contributed by atoms with Crippen LogP contribution in [0.3, 0.4) is 0 Å². The second kappa shape index (κ2) is 11.0. The van der Waals surface area contributed by atoms with E-state index < -0.39 is 10.0 Å². The molecule has 6 nitrogen and oxygen atoms in total. The molecule has 1 saturated heterocycles. The number of nitrogens with zero attached hydrogens (tertiary/aromatic N) is 2. The summed E-state index contributed by atoms with van der Waals surface area (Å²) in [5, 5.41) is 0.158. The fourth-order valence-corrected chi connectivity index (χ4v) is 5.75. The van der Waals surface area contributed by atoms with Crippen LogP contribution in [0.5, 0.6) is 5.75 Å². The number of carbonyl (C=O) groups is 1. The van der Waals surface area contributed by atoms with Crippen LogP contribution in [0.2, 0.25) is 5.02 Å². The Morgan fingerprint density at radius 2 is 1.44 bits per heavy atom. The van der Waals surface area contributed by atoms with E-state index in [9.17, 15) is 13.2 Å². The van der Waals surface area contributed by atoms with Crippen molar-refractivity contribution in [2.45, 2.75) is 30.8 Å². The van der Waals surface area contributed by atoms with Gasteiger partial charge in [-0.3, -0.25) is 4.79 Å². The van der Waals surface area contributed by atoms with Gasteiger partial charge in [0, 0.05) is 26.2 Å². The van der Waals surface area contributed by atoms with Gasteiger partial charge in [-0.15, -0.1) is 0 Å². The molecule has 34 heavy (non-hydrogen) atoms. The Hall–Kier alpha value is -2.87. The number of hydrogen-bond acceptors (Lipinski definition) is 4. The molecule has 0 radical (unpaired) electrons. The van der Waals surface area contributed by atoms with Crippen molar-refractivity contribution >= 4 is 27.5 Å². The average Bonchev–Trinajstić information content (AvgIpc) is 3.40. The summed E-state index contributed by atoms with van der Waals surface area (Å²) >= 11 is 6.33. The van der Waals surface area contributed by atoms with Crippen LogP contribution in [0.4, 0.5) is 0 Å². The molecule has 1 fully saturated rings. The molecule has 0 N–H and O–H groups in total. The molecule has 3 aromatic carbocycles. The molecule has 4 rings (SSSR count). The van der Waals surface area contributed by atoms with E-state index in [1.165, 1.54) is 22.5 Å². The summed E-state index contributed by atoms with van der Waals surface area (Å²) in [5.41, 5.74) is 2.03. The molecule has 178 valence electrons. The quantitative estimate of drug-likeness (QED) is 0.427. The molecule has 0 saturated carbocycles. The number of benzene rings is 3. The molecule has 0 aromatic heterocycles. The first-order valence-electron chi connectivity index (χ1n) is 11.2. The van der Waals surface area contributed by atoms with Crippen molar-refractivity contribution in [2.75, 3.05) is 19.7 Å². The van der Waals surface area contributed by atoms with Crippen molar-refractivity contribution in [3.05, 3.63) is 95.0 Å². The average molecular weight is 499 g/mol. The van der Waals surface area contributed by atoms with Gasteiger partial charge in [0.1, 0.15) is 5.75 Å². The van der Waals surface area contributed by atoms with Gasteiger partial charge in [0.25, 0.3) is 5.91 Å². The van der Waals surface area contributed by atoms with Crippen LogP contribution in [0.15, 0.2) is 83.8 Å². The summed E-state index contributed by atoms with van der Waals surface area (Å²) in [6, 6.07) is 23.9. The van der Waals surface area contributed by atoms with Gasteiger partial charge >= 0.3 is 0 Å². The van der Waals surface area contributed by atoms with Crippen molar-refractivity contribution in [3.63, 3.8) is 0 Å². The maximum atomic E-state index is 13.1. The highest BCUT2D eigenvalue weighted by Crippen LogP contribution is 2.30. The Bertz CT molecular complexity index is 1170. The Kier molecular flexibility index (Phi) is 7.88. The molecule has 1 amide bonds. The summed E-state index contributed by atoms with van der Waals surface area (Å²) in [7, 11) is -3.57. The first-order valence-corrected chi connectivity index (χ1v) is 13.0. The monoisotopic (exact) mass is 498 g/mol. The van der Waals surface area contributed by atoms with Crippen LogP contribution in [0.1, 0.15) is 24.0 Å². The normalized spacial score (nSPS) is 14.1. The van der Waals surface area contributed by atoms with E-state index in [0.717, 1.165) is 24.0 Å². The summed E-state index contributed by atoms with van der Waals surface area (Å²) in [4.78, 5) is 15.0. The van der Waals surface area contributed by atoms with E-state index in [2.05, 4.69) is 0 Å². The lowest BCUT2D eigenvalue weighted by molar-refractivity contribution is -0.134. The van der Waals surface area contributed by atoms with Gasteiger partial charge in [-0.1, -0.05) is 72.3 Å². The van der Waals surface area contributed by atoms with Gasteiger partial charge in [0.2, 0.25) is 10.0 Å². The maximum Gasteiger partial charge on any atom is 0.261 e. The van der Waals surface area contributed by atoms with E-state index in [0.29, 0.717) is 26.2 Å². The third kappa shape index (κ3) is 5.97. The smallest absolute Gasteiger partial charge is 0.261 e. The standard InChI is InChI=1S/C26H27ClN2O4S/c27-24-17-23(34(31,32)29-15-7-8-16-29)13-14-25(24)33-20-26(30)28(18-21-9-3-1-4-10-21)19-22-11-5-2-6-12-22/h1-6,9-14,17H,7-8,15-16,18-20H2. The number of sulfonamides is 1. The number of amides is 1. The second-order valence-electron chi connectivity index (χ2n) is 8.21. The fraction of sp³-hybridized carbons (Fsp3) is 0.269. The van der Waals surface area contributed by atoms with E-state index in [1.807, 2.05) is 60.7 Å². The predicted molar refractivity (Wildman–Crippen MR) is 132 cm³/mol. The number of carbonyl (C=O) groups excluding carboxylic acids is 1. The van der Waals surface area contributed by atoms with Crippen molar-refractivity contribution in [3.8, 4) is 5.75 Å². The maximum absolute atomic E-state index is 13.1. The molecule has 0 bridgehead atoms. The van der Waals surface area contributed by atoms with Crippen molar-refractivity contribution < 1.29 is 17.9 Å². The summed E-state index contributed by atoms with van der Waals surface area (Å²) in [6.07, 6.45) is 1.72. The lowest BCUT2D eigenvalue weighted by Crippen LogP contribution is -2.34. The fourth-order valence-electron chi connectivity index (χ4n) is 3.91. The Labute approximate surface area is 205 Å². The first-order chi connectivity index (χ1) is 16.4. The van der Waals surface area contributed by atoms with Gasteiger partial charge < -0.3 is 9.64 Å². The zero-order valence-electron chi connectivity index (χ0n) is 18.8. The van der Waals surface area contributed by atoms with Crippen LogP contribution in [-0.4, -0.2) is 43.2 Å². The summed E-state index contributed by atoms with van der Waals surface area (Å²) in [5.74, 6) is 0.0762. The number of rotatable bonds is 9. The Morgan fingerprint density at radius 3 is 1.97 bits per heavy atom. The highest BCUT2D eigenvalue weighted by Gasteiger charge is 2.28. The van der Waals surface area contributed by atoms with Gasteiger partial charge in [-0.25, -0.2) is 8.42 Å². The molecule has 0 unspecified atom stereocenters. The van der Waals surface area contributed by atoms with Crippen molar-refractivity contribution in [2.24, 2.45) is 0 Å². The molecule has 1 aliphatic rings. The van der Waals surface area contributed by atoms with Crippen molar-refractivity contribution in [1.29, 1.82) is 0 Å². The molecular weight excluding hydrogens is 472 g/mol. The number of ether oxygens (including phenoxy) is 1. The second-order valence-corrected chi connectivity index (χ2v) is 10.6. The van der Waals surface area contributed by atoms with Gasteiger partial charge in [-0.2, -0.15) is 4.31 Å². The lowest BCUT2D eigenvalue weighted by atomic mass is 10.1. The van der Waals surface area contributed by atoms with E-state index in [4.69, 9.17) is 16.3 Å². The van der Waals surface area contributed by atoms with Gasteiger partial charge in [-0.05, 0) is 42.2 Å². The number of hydrogen-bond donors (Lipinski definition) is 0. The molecule has 1 heterocycles. The Morgan fingerprint density at radius 1 is 0.882 bits per heavy atom. The molecule has 1 aliphatic heterocycles. The molecular formula is C26H27ClN2O4S. The van der Waals surface area contributed by atoms with E-state index in [-0.39, 0.29) is 28.2 Å². The molecule has 0 atom stereocenters. The minimum atomic E-state index is -3.57. The molecule has 0 spiro atoms. The van der Waals surface area contributed by atoms with E-state index in [1.54, 1.807) is 4.90 Å². The topological polar surface area (TPSA) is 66.9 Å². The minimum absolute atomic E-state index is 0.132. The summed E-state index contributed by atoms with van der Waals surface area (Å²) < 4.78 is 32.7. The predicted octanol–water partition coefficient (Wildman–Crippen LogP) is 4.73. The molecule has 8 heteroatoms.